The summed E-state index contributed by atoms with van der Waals surface area (Å²) in [5.74, 6) is -3.27. The second-order valence-electron chi connectivity index (χ2n) is 2.75. The Kier molecular flexibility index (Phi) is 3.03. The second-order valence-corrected chi connectivity index (χ2v) is 2.75. The summed E-state index contributed by atoms with van der Waals surface area (Å²) in [4.78, 5) is 10.5. The largest absolute Gasteiger partial charge is 0.504 e. The van der Waals surface area contributed by atoms with Crippen molar-refractivity contribution in [3.05, 3.63) is 29.1 Å². The first-order chi connectivity index (χ1) is 6.56. The van der Waals surface area contributed by atoms with Crippen molar-refractivity contribution >= 4 is 5.97 Å². The predicted octanol–water partition coefficient (Wildman–Crippen LogP) is 0.764. The molecular formula is C9H9FO4. The molecule has 0 saturated heterocycles. The van der Waals surface area contributed by atoms with Gasteiger partial charge in [-0.15, -0.1) is 0 Å². The Morgan fingerprint density at radius 2 is 2.07 bits per heavy atom. The van der Waals surface area contributed by atoms with Crippen molar-refractivity contribution in [3.8, 4) is 5.75 Å². The topological polar surface area (TPSA) is 77.8 Å². The van der Waals surface area contributed by atoms with Gasteiger partial charge in [-0.25, -0.2) is 9.18 Å². The van der Waals surface area contributed by atoms with Crippen LogP contribution in [0.25, 0.3) is 0 Å². The fourth-order valence-corrected chi connectivity index (χ4v) is 1.09. The van der Waals surface area contributed by atoms with E-state index in [0.717, 1.165) is 12.1 Å². The molecule has 0 atom stereocenters. The van der Waals surface area contributed by atoms with Gasteiger partial charge in [0.2, 0.25) is 0 Å². The van der Waals surface area contributed by atoms with Gasteiger partial charge in [0.15, 0.2) is 11.6 Å². The van der Waals surface area contributed by atoms with Crippen LogP contribution in [0.3, 0.4) is 0 Å². The van der Waals surface area contributed by atoms with E-state index in [2.05, 4.69) is 0 Å². The minimum atomic E-state index is -1.40. The van der Waals surface area contributed by atoms with Crippen molar-refractivity contribution in [1.29, 1.82) is 0 Å². The van der Waals surface area contributed by atoms with Gasteiger partial charge in [0, 0.05) is 6.61 Å². The second kappa shape index (κ2) is 4.06. The van der Waals surface area contributed by atoms with Gasteiger partial charge in [-0.1, -0.05) is 0 Å². The van der Waals surface area contributed by atoms with Crippen molar-refractivity contribution in [2.45, 2.75) is 6.42 Å². The van der Waals surface area contributed by atoms with E-state index in [-0.39, 0.29) is 13.0 Å². The van der Waals surface area contributed by atoms with Gasteiger partial charge in [0.05, 0.1) is 0 Å². The number of aromatic carboxylic acids is 1. The summed E-state index contributed by atoms with van der Waals surface area (Å²) in [6.45, 7) is -0.205. The Labute approximate surface area is 79.2 Å². The fraction of sp³-hybridized carbons (Fsp3) is 0.222. The highest BCUT2D eigenvalue weighted by molar-refractivity contribution is 5.91. The van der Waals surface area contributed by atoms with Crippen LogP contribution in [0, 0.1) is 5.82 Å². The number of aromatic hydroxyl groups is 1. The molecule has 5 heteroatoms. The summed E-state index contributed by atoms with van der Waals surface area (Å²) in [5, 5.41) is 26.2. The quantitative estimate of drug-likeness (QED) is 0.673. The maximum atomic E-state index is 12.9. The third kappa shape index (κ3) is 2.00. The molecule has 1 aromatic carbocycles. The van der Waals surface area contributed by atoms with E-state index in [0.29, 0.717) is 5.56 Å². The lowest BCUT2D eigenvalue weighted by molar-refractivity contribution is 0.0692. The van der Waals surface area contributed by atoms with Crippen LogP contribution in [-0.2, 0) is 6.42 Å². The SMILES string of the molecule is O=C(O)c1cc(CCO)cc(F)c1O. The van der Waals surface area contributed by atoms with E-state index in [4.69, 9.17) is 15.3 Å². The third-order valence-corrected chi connectivity index (χ3v) is 1.75. The van der Waals surface area contributed by atoms with Crippen LogP contribution in [0.15, 0.2) is 12.1 Å². The maximum absolute atomic E-state index is 12.9. The van der Waals surface area contributed by atoms with Gasteiger partial charge in [-0.2, -0.15) is 0 Å². The molecule has 0 aliphatic heterocycles. The highest BCUT2D eigenvalue weighted by atomic mass is 19.1. The number of aliphatic hydroxyl groups is 1. The molecule has 0 bridgehead atoms. The first-order valence-corrected chi connectivity index (χ1v) is 3.91. The zero-order chi connectivity index (χ0) is 10.7. The van der Waals surface area contributed by atoms with Crippen LogP contribution in [0.4, 0.5) is 4.39 Å². The van der Waals surface area contributed by atoms with Crippen LogP contribution in [0.1, 0.15) is 15.9 Å². The van der Waals surface area contributed by atoms with Crippen LogP contribution in [-0.4, -0.2) is 27.9 Å². The van der Waals surface area contributed by atoms with Crippen LogP contribution in [0.5, 0.6) is 5.75 Å². The Balaban J connectivity index is 3.21. The zero-order valence-electron chi connectivity index (χ0n) is 7.20. The molecule has 1 rings (SSSR count). The number of carbonyl (C=O) groups is 1. The lowest BCUT2D eigenvalue weighted by Crippen LogP contribution is -2.01. The first kappa shape index (κ1) is 10.5. The smallest absolute Gasteiger partial charge is 0.339 e. The molecule has 76 valence electrons. The molecule has 0 fully saturated rings. The molecular weight excluding hydrogens is 191 g/mol. The maximum Gasteiger partial charge on any atom is 0.339 e. The number of benzene rings is 1. The van der Waals surface area contributed by atoms with Gasteiger partial charge in [-0.05, 0) is 24.1 Å². The third-order valence-electron chi connectivity index (χ3n) is 1.75. The highest BCUT2D eigenvalue weighted by Crippen LogP contribution is 2.23. The molecule has 0 amide bonds. The summed E-state index contributed by atoms with van der Waals surface area (Å²) in [6.07, 6.45) is 0.150. The number of hydrogen-bond acceptors (Lipinski definition) is 3. The minimum Gasteiger partial charge on any atom is -0.504 e. The number of carboxylic acid groups (broad SMARTS) is 1. The van der Waals surface area contributed by atoms with E-state index in [9.17, 15) is 9.18 Å². The van der Waals surface area contributed by atoms with E-state index in [1.54, 1.807) is 0 Å². The van der Waals surface area contributed by atoms with Crippen LogP contribution >= 0.6 is 0 Å². The number of rotatable bonds is 3. The highest BCUT2D eigenvalue weighted by Gasteiger charge is 2.15. The fourth-order valence-electron chi connectivity index (χ4n) is 1.09. The molecule has 0 aliphatic rings. The van der Waals surface area contributed by atoms with Gasteiger partial charge < -0.3 is 15.3 Å². The lowest BCUT2D eigenvalue weighted by atomic mass is 10.1. The molecule has 0 spiro atoms. The van der Waals surface area contributed by atoms with Crippen LogP contribution < -0.4 is 0 Å². The Bertz CT molecular complexity index is 362. The summed E-state index contributed by atoms with van der Waals surface area (Å²) in [7, 11) is 0. The molecule has 0 aliphatic carbocycles. The van der Waals surface area contributed by atoms with Crippen molar-refractivity contribution in [2.24, 2.45) is 0 Å². The van der Waals surface area contributed by atoms with E-state index < -0.39 is 23.1 Å². The van der Waals surface area contributed by atoms with Crippen LogP contribution in [0.2, 0.25) is 0 Å². The average Bonchev–Trinajstić information content (AvgIpc) is 2.11. The molecule has 0 heterocycles. The molecule has 0 unspecified atom stereocenters. The monoisotopic (exact) mass is 200 g/mol. The lowest BCUT2D eigenvalue weighted by Gasteiger charge is -2.04. The molecule has 0 aromatic heterocycles. The molecule has 3 N–H and O–H groups in total. The van der Waals surface area contributed by atoms with E-state index >= 15 is 0 Å². The number of hydrogen-bond donors (Lipinski definition) is 3. The van der Waals surface area contributed by atoms with Gasteiger partial charge >= 0.3 is 5.97 Å². The Morgan fingerprint density at radius 1 is 1.43 bits per heavy atom. The number of phenols is 1. The standard InChI is InChI=1S/C9H9FO4/c10-7-4-5(1-2-11)3-6(8(7)12)9(13)14/h3-4,11-12H,1-2H2,(H,13,14). The molecule has 0 saturated carbocycles. The molecule has 0 radical (unpaired) electrons. The van der Waals surface area contributed by atoms with Crippen molar-refractivity contribution in [3.63, 3.8) is 0 Å². The Hall–Kier alpha value is -1.62. The molecule has 4 nitrogen and oxygen atoms in total. The minimum absolute atomic E-state index is 0.150. The van der Waals surface area contributed by atoms with E-state index in [1.807, 2.05) is 0 Å². The number of carboxylic acids is 1. The summed E-state index contributed by atoms with van der Waals surface area (Å²) >= 11 is 0. The van der Waals surface area contributed by atoms with Crippen molar-refractivity contribution in [1.82, 2.24) is 0 Å². The van der Waals surface area contributed by atoms with Gasteiger partial charge in [0.1, 0.15) is 5.56 Å². The van der Waals surface area contributed by atoms with Gasteiger partial charge in [0.25, 0.3) is 0 Å². The summed E-state index contributed by atoms with van der Waals surface area (Å²) < 4.78 is 12.9. The van der Waals surface area contributed by atoms with E-state index in [1.165, 1.54) is 0 Å². The summed E-state index contributed by atoms with van der Waals surface area (Å²) in [5.41, 5.74) is -0.159. The predicted molar refractivity (Wildman–Crippen MR) is 45.8 cm³/mol. The van der Waals surface area contributed by atoms with Gasteiger partial charge in [-0.3, -0.25) is 0 Å². The van der Waals surface area contributed by atoms with Crippen molar-refractivity contribution < 1.29 is 24.5 Å². The van der Waals surface area contributed by atoms with Crippen molar-refractivity contribution in [2.75, 3.05) is 6.61 Å². The normalized spacial score (nSPS) is 10.1. The number of halogens is 1. The molecule has 14 heavy (non-hydrogen) atoms. The summed E-state index contributed by atoms with van der Waals surface area (Å²) in [6, 6.07) is 2.13. The average molecular weight is 200 g/mol. The molecule has 1 aromatic rings. The first-order valence-electron chi connectivity index (χ1n) is 3.91. The number of aliphatic hydroxyl groups excluding tert-OH is 1. The zero-order valence-corrected chi connectivity index (χ0v) is 7.20. The Morgan fingerprint density at radius 3 is 2.57 bits per heavy atom.